The third-order valence-corrected chi connectivity index (χ3v) is 11.6. The number of aliphatic hydroxyl groups is 1. The van der Waals surface area contributed by atoms with Crippen LogP contribution in [0, 0.1) is 19.8 Å². The lowest BCUT2D eigenvalue weighted by molar-refractivity contribution is -0.140. The lowest BCUT2D eigenvalue weighted by atomic mass is 9.90. The fraction of sp³-hybridized carbons (Fsp3) is 0.432. The largest absolute Gasteiger partial charge is 0.480 e. The average Bonchev–Trinajstić information content (AvgIpc) is 4.11. The van der Waals surface area contributed by atoms with E-state index in [0.29, 0.717) is 23.2 Å². The van der Waals surface area contributed by atoms with Gasteiger partial charge in [-0.25, -0.2) is 0 Å². The first kappa shape index (κ1) is 36.6. The zero-order valence-electron chi connectivity index (χ0n) is 30.8. The van der Waals surface area contributed by atoms with Gasteiger partial charge in [0.25, 0.3) is 5.91 Å². The van der Waals surface area contributed by atoms with Crippen LogP contribution in [0.2, 0.25) is 0 Å². The molecule has 3 saturated carbocycles. The predicted octanol–water partition coefficient (Wildman–Crippen LogP) is 7.85. The highest BCUT2D eigenvalue weighted by Gasteiger charge is 2.30. The molecular weight excluding hydrogens is 665 g/mol. The van der Waals surface area contributed by atoms with E-state index in [0.717, 1.165) is 69.8 Å². The number of hydrogen-bond acceptors (Lipinski definition) is 7. The van der Waals surface area contributed by atoms with Crippen molar-refractivity contribution in [1.29, 1.82) is 0 Å². The molecule has 0 bridgehead atoms. The number of Topliss-reactive ketones (excluding diaryl/α,β-unsaturated/α-hetero) is 1. The lowest BCUT2D eigenvalue weighted by Crippen LogP contribution is -2.39. The van der Waals surface area contributed by atoms with E-state index < -0.39 is 18.6 Å². The normalized spacial score (nSPS) is 16.4. The summed E-state index contributed by atoms with van der Waals surface area (Å²) >= 11 is 0. The van der Waals surface area contributed by atoms with Gasteiger partial charge in [0.2, 0.25) is 0 Å². The lowest BCUT2D eigenvalue weighted by Gasteiger charge is -2.17. The van der Waals surface area contributed by atoms with E-state index in [9.17, 15) is 24.6 Å². The average molecular weight is 715 g/mol. The molecule has 0 saturated heterocycles. The summed E-state index contributed by atoms with van der Waals surface area (Å²) in [5.74, 6) is 0.269. The number of hydrogen-bond donors (Lipinski definition) is 4. The monoisotopic (exact) mass is 714 g/mol. The van der Waals surface area contributed by atoms with Crippen LogP contribution in [0.3, 0.4) is 0 Å². The molecule has 1 atom stereocenters. The molecule has 53 heavy (non-hydrogen) atoms. The highest BCUT2D eigenvalue weighted by Crippen LogP contribution is 2.43. The van der Waals surface area contributed by atoms with Crippen molar-refractivity contribution in [2.45, 2.75) is 109 Å². The van der Waals surface area contributed by atoms with Crippen molar-refractivity contribution < 1.29 is 24.6 Å². The Morgan fingerprint density at radius 3 is 2.09 bits per heavy atom. The van der Waals surface area contributed by atoms with Gasteiger partial charge in [-0.15, -0.1) is 0 Å². The summed E-state index contributed by atoms with van der Waals surface area (Å²) in [6.07, 6.45) is 15.8. The van der Waals surface area contributed by atoms with E-state index in [1.165, 1.54) is 56.1 Å². The fourth-order valence-corrected chi connectivity index (χ4v) is 7.98. The van der Waals surface area contributed by atoms with Crippen LogP contribution in [-0.2, 0) is 24.2 Å². The third kappa shape index (κ3) is 8.58. The van der Waals surface area contributed by atoms with Crippen molar-refractivity contribution in [2.24, 2.45) is 5.92 Å². The summed E-state index contributed by atoms with van der Waals surface area (Å²) in [7, 11) is 0. The Morgan fingerprint density at radius 2 is 1.42 bits per heavy atom. The van der Waals surface area contributed by atoms with Crippen molar-refractivity contribution in [3.05, 3.63) is 111 Å². The van der Waals surface area contributed by atoms with Gasteiger partial charge in [-0.2, -0.15) is 0 Å². The summed E-state index contributed by atoms with van der Waals surface area (Å²) in [5, 5.41) is 24.7. The number of ketones is 1. The fourth-order valence-electron chi connectivity index (χ4n) is 7.98. The Hall–Kier alpha value is -4.73. The minimum absolute atomic E-state index is 0.0919. The molecule has 0 spiro atoms. The molecule has 2 heterocycles. The van der Waals surface area contributed by atoms with Gasteiger partial charge in [0.05, 0.1) is 6.61 Å². The Morgan fingerprint density at radius 1 is 0.792 bits per heavy atom. The van der Waals surface area contributed by atoms with E-state index in [-0.39, 0.29) is 24.7 Å². The Kier molecular flexibility index (Phi) is 11.1. The van der Waals surface area contributed by atoms with Gasteiger partial charge >= 0.3 is 5.97 Å². The molecule has 3 fully saturated rings. The van der Waals surface area contributed by atoms with Gasteiger partial charge < -0.3 is 15.5 Å². The molecule has 276 valence electrons. The number of carboxylic acids is 1. The number of carboxylic acid groups (broad SMARTS) is 1. The smallest absolute Gasteiger partial charge is 0.323 e. The molecule has 1 amide bonds. The molecule has 0 radical (unpaired) electrons. The molecule has 9 heteroatoms. The number of benzene rings is 2. The molecule has 0 aliphatic heterocycles. The van der Waals surface area contributed by atoms with Crippen molar-refractivity contribution >= 4 is 23.3 Å². The number of amides is 1. The zero-order valence-corrected chi connectivity index (χ0v) is 30.8. The van der Waals surface area contributed by atoms with E-state index >= 15 is 0 Å². The Labute approximate surface area is 311 Å². The number of nitrogens with one attached hydrogen (secondary N) is 2. The summed E-state index contributed by atoms with van der Waals surface area (Å²) in [6.45, 7) is 3.77. The predicted molar refractivity (Wildman–Crippen MR) is 205 cm³/mol. The first-order valence-corrected chi connectivity index (χ1v) is 19.3. The number of pyridine rings is 2. The maximum absolute atomic E-state index is 13.6. The maximum Gasteiger partial charge on any atom is 0.323 e. The third-order valence-electron chi connectivity index (χ3n) is 11.6. The van der Waals surface area contributed by atoms with Crippen LogP contribution in [-0.4, -0.2) is 50.5 Å². The van der Waals surface area contributed by atoms with Gasteiger partial charge in [-0.3, -0.25) is 29.7 Å². The number of aliphatic hydroxyl groups excluding tert-OH is 1. The first-order chi connectivity index (χ1) is 25.7. The van der Waals surface area contributed by atoms with Crippen LogP contribution >= 0.6 is 0 Å². The Bertz CT molecular complexity index is 2010. The molecule has 2 aromatic heterocycles. The number of anilines is 1. The molecule has 4 aromatic rings. The topological polar surface area (TPSA) is 142 Å². The van der Waals surface area contributed by atoms with Crippen molar-refractivity contribution in [1.82, 2.24) is 15.3 Å². The quantitative estimate of drug-likeness (QED) is 0.0861. The molecule has 3 aliphatic carbocycles. The molecule has 7 rings (SSSR count). The molecular formula is C44H50N4O5. The second-order valence-electron chi connectivity index (χ2n) is 15.4. The van der Waals surface area contributed by atoms with Crippen LogP contribution in [0.1, 0.15) is 130 Å². The van der Waals surface area contributed by atoms with Crippen LogP contribution in [0.15, 0.2) is 60.9 Å². The van der Waals surface area contributed by atoms with E-state index in [2.05, 4.69) is 20.6 Å². The van der Waals surface area contributed by atoms with Crippen LogP contribution in [0.25, 0.3) is 11.1 Å². The second-order valence-corrected chi connectivity index (χ2v) is 15.4. The number of aromatic nitrogens is 2. The van der Waals surface area contributed by atoms with Gasteiger partial charge in [0.1, 0.15) is 17.4 Å². The zero-order chi connectivity index (χ0) is 37.1. The number of rotatable bonds is 16. The second kappa shape index (κ2) is 16.1. The summed E-state index contributed by atoms with van der Waals surface area (Å²) in [4.78, 5) is 47.7. The maximum atomic E-state index is 13.6. The van der Waals surface area contributed by atoms with Gasteiger partial charge in [-0.1, -0.05) is 56.0 Å². The van der Waals surface area contributed by atoms with Crippen LogP contribution < -0.4 is 10.6 Å². The molecule has 3 aliphatic rings. The number of nitrogens with zero attached hydrogens (tertiary/aromatic N) is 2. The van der Waals surface area contributed by atoms with Gasteiger partial charge in [0.15, 0.2) is 5.78 Å². The van der Waals surface area contributed by atoms with Crippen LogP contribution in [0.5, 0.6) is 0 Å². The number of carbonyl (C=O) groups is 3. The van der Waals surface area contributed by atoms with Crippen LogP contribution in [0.4, 0.5) is 5.69 Å². The minimum atomic E-state index is -1.12. The molecule has 0 unspecified atom stereocenters. The number of aliphatic carboxylic acids is 1. The van der Waals surface area contributed by atoms with Crippen molar-refractivity contribution in [3.63, 3.8) is 0 Å². The van der Waals surface area contributed by atoms with Crippen molar-refractivity contribution in [2.75, 3.05) is 11.9 Å². The van der Waals surface area contributed by atoms with Gasteiger partial charge in [-0.05, 0) is 138 Å². The molecule has 4 N–H and O–H groups in total. The highest BCUT2D eigenvalue weighted by molar-refractivity contribution is 6.04. The van der Waals surface area contributed by atoms with E-state index in [4.69, 9.17) is 0 Å². The summed E-state index contributed by atoms with van der Waals surface area (Å²) < 4.78 is 0. The molecule has 2 aromatic carbocycles. The van der Waals surface area contributed by atoms with E-state index in [1.54, 1.807) is 6.20 Å². The first-order valence-electron chi connectivity index (χ1n) is 19.3. The Balaban J connectivity index is 1.05. The summed E-state index contributed by atoms with van der Waals surface area (Å²) in [5.41, 5.74) is 10.8. The number of aryl methyl sites for hydroxylation is 1. The van der Waals surface area contributed by atoms with Crippen molar-refractivity contribution in [3.8, 4) is 11.1 Å². The highest BCUT2D eigenvalue weighted by atomic mass is 16.4. The SMILES string of the molecule is Cc1c(CC(=O)c2cc(C3CC3)c(CN[C@H](CO)C(=O)O)cn2)cccc1-c1cccc(NC(=O)c2cc(C3CC3)c(CCC3CCCC3)cn2)c1C. The minimum Gasteiger partial charge on any atom is -0.480 e. The standard InChI is InChI=1S/C44H50N4O5/c1-26-31(19-42(50)39-20-37(30-17-18-30)33(23-45-39)24-47-41(25-49)44(52)53)9-5-10-34(26)35-11-6-12-38(27(35)2)48-43(51)40-21-36(29-15-16-29)32(22-46-40)14-13-28-7-3-4-8-28/h5-6,9-12,20-23,28-30,41,47,49H,3-4,7-8,13-19,24-25H2,1-2H3,(H,48,51)(H,52,53)/t41-/m1/s1. The van der Waals surface area contributed by atoms with Gasteiger partial charge in [0, 0.05) is 31.0 Å². The molecule has 9 nitrogen and oxygen atoms in total. The van der Waals surface area contributed by atoms with E-state index in [1.807, 2.05) is 68.6 Å². The number of carbonyl (C=O) groups excluding carboxylic acids is 2. The summed E-state index contributed by atoms with van der Waals surface area (Å²) in [6, 6.07) is 14.7.